The maximum atomic E-state index is 12.8. The highest BCUT2D eigenvalue weighted by Gasteiger charge is 2.28. The first kappa shape index (κ1) is 16.4. The molecule has 0 aromatic heterocycles. The number of piperazine rings is 1. The van der Waals surface area contributed by atoms with Crippen molar-refractivity contribution in [3.63, 3.8) is 0 Å². The molecule has 1 fully saturated rings. The lowest BCUT2D eigenvalue weighted by molar-refractivity contribution is 0.0606. The van der Waals surface area contributed by atoms with Crippen LogP contribution in [0.5, 0.6) is 11.5 Å². The van der Waals surface area contributed by atoms with E-state index in [1.165, 1.54) is 0 Å². The molecule has 2 aromatic rings. The van der Waals surface area contributed by atoms with Gasteiger partial charge in [0, 0.05) is 31.7 Å². The van der Waals surface area contributed by atoms with Gasteiger partial charge in [-0.15, -0.1) is 0 Å². The van der Waals surface area contributed by atoms with Gasteiger partial charge < -0.3 is 14.4 Å². The van der Waals surface area contributed by atoms with Crippen molar-refractivity contribution >= 4 is 5.91 Å². The fraction of sp³-hybridized carbons (Fsp3) is 0.300. The molecule has 1 atom stereocenters. The Labute approximate surface area is 152 Å². The van der Waals surface area contributed by atoms with Crippen LogP contribution in [0, 0.1) is 11.3 Å². The number of hydrogen-bond acceptors (Lipinski definition) is 5. The molecule has 2 aromatic carbocycles. The Hall–Kier alpha value is -3.04. The van der Waals surface area contributed by atoms with Gasteiger partial charge in [0.1, 0.15) is 6.04 Å². The van der Waals surface area contributed by atoms with E-state index < -0.39 is 0 Å². The number of amides is 1. The minimum atomic E-state index is -0.279. The number of benzene rings is 2. The summed E-state index contributed by atoms with van der Waals surface area (Å²) in [5.74, 6) is 1.27. The lowest BCUT2D eigenvalue weighted by Gasteiger charge is -2.37. The average molecular weight is 349 g/mol. The maximum absolute atomic E-state index is 12.8. The Morgan fingerprint density at radius 1 is 1.00 bits per heavy atom. The van der Waals surface area contributed by atoms with Crippen molar-refractivity contribution in [2.45, 2.75) is 6.04 Å². The van der Waals surface area contributed by atoms with Crippen molar-refractivity contribution in [3.05, 3.63) is 59.7 Å². The van der Waals surface area contributed by atoms with E-state index in [0.29, 0.717) is 43.2 Å². The summed E-state index contributed by atoms with van der Waals surface area (Å²) >= 11 is 0. The number of carbonyl (C=O) groups is 1. The Morgan fingerprint density at radius 3 is 2.46 bits per heavy atom. The van der Waals surface area contributed by atoms with Crippen LogP contribution >= 0.6 is 0 Å². The summed E-state index contributed by atoms with van der Waals surface area (Å²) in [5, 5.41) is 9.58. The largest absolute Gasteiger partial charge is 0.454 e. The molecular formula is C20H19N3O3. The number of rotatable bonds is 3. The summed E-state index contributed by atoms with van der Waals surface area (Å²) in [6, 6.07) is 17.2. The van der Waals surface area contributed by atoms with Gasteiger partial charge >= 0.3 is 0 Å². The molecular weight excluding hydrogens is 330 g/mol. The Bertz CT molecular complexity index is 839. The van der Waals surface area contributed by atoms with Gasteiger partial charge in [0.2, 0.25) is 6.79 Å². The summed E-state index contributed by atoms with van der Waals surface area (Å²) in [4.78, 5) is 16.7. The molecule has 0 saturated carbocycles. The van der Waals surface area contributed by atoms with Gasteiger partial charge in [-0.3, -0.25) is 9.69 Å². The van der Waals surface area contributed by atoms with E-state index in [1.54, 1.807) is 18.2 Å². The topological polar surface area (TPSA) is 65.8 Å². The molecule has 2 heterocycles. The van der Waals surface area contributed by atoms with E-state index in [4.69, 9.17) is 9.47 Å². The van der Waals surface area contributed by atoms with Crippen LogP contribution in [0.15, 0.2) is 48.5 Å². The molecule has 0 N–H and O–H groups in total. The molecule has 0 radical (unpaired) electrons. The second-order valence-electron chi connectivity index (χ2n) is 6.34. The molecule has 6 heteroatoms. The second kappa shape index (κ2) is 7.06. The monoisotopic (exact) mass is 349 g/mol. The minimum Gasteiger partial charge on any atom is -0.454 e. The van der Waals surface area contributed by atoms with Crippen molar-refractivity contribution in [3.8, 4) is 17.6 Å². The molecule has 2 aliphatic heterocycles. The second-order valence-corrected chi connectivity index (χ2v) is 6.34. The predicted octanol–water partition coefficient (Wildman–Crippen LogP) is 2.44. The zero-order chi connectivity index (χ0) is 17.9. The van der Waals surface area contributed by atoms with Gasteiger partial charge in [-0.1, -0.05) is 30.3 Å². The van der Waals surface area contributed by atoms with Crippen LogP contribution in [0.2, 0.25) is 0 Å². The first-order valence-electron chi connectivity index (χ1n) is 8.64. The standard InChI is InChI=1S/C20H19N3O3/c21-13-17(15-4-2-1-3-5-15)22-8-10-23(11-9-22)20(24)16-6-7-18-19(12-16)26-14-25-18/h1-7,12,17H,8-11,14H2. The number of hydrogen-bond donors (Lipinski definition) is 0. The van der Waals surface area contributed by atoms with E-state index in [-0.39, 0.29) is 18.7 Å². The summed E-state index contributed by atoms with van der Waals surface area (Å²) in [6.45, 7) is 2.73. The Morgan fingerprint density at radius 2 is 1.73 bits per heavy atom. The first-order valence-corrected chi connectivity index (χ1v) is 8.64. The Kier molecular flexibility index (Phi) is 4.46. The van der Waals surface area contributed by atoms with Gasteiger partial charge in [-0.2, -0.15) is 5.26 Å². The Balaban J connectivity index is 1.42. The average Bonchev–Trinajstić information content (AvgIpc) is 3.17. The minimum absolute atomic E-state index is 0.0174. The van der Waals surface area contributed by atoms with Crippen molar-refractivity contribution in [2.24, 2.45) is 0 Å². The molecule has 26 heavy (non-hydrogen) atoms. The van der Waals surface area contributed by atoms with Gasteiger partial charge in [0.05, 0.1) is 6.07 Å². The molecule has 0 aliphatic carbocycles. The molecule has 2 aliphatic rings. The summed E-state index contributed by atoms with van der Waals surface area (Å²) < 4.78 is 10.6. The lowest BCUT2D eigenvalue weighted by Crippen LogP contribution is -2.49. The lowest BCUT2D eigenvalue weighted by atomic mass is 10.1. The maximum Gasteiger partial charge on any atom is 0.254 e. The number of carbonyl (C=O) groups excluding carboxylic acids is 1. The fourth-order valence-corrected chi connectivity index (χ4v) is 3.40. The summed E-state index contributed by atoms with van der Waals surface area (Å²) in [5.41, 5.74) is 1.59. The van der Waals surface area contributed by atoms with E-state index in [1.807, 2.05) is 35.2 Å². The third-order valence-corrected chi connectivity index (χ3v) is 4.82. The van der Waals surface area contributed by atoms with Crippen LogP contribution in [0.25, 0.3) is 0 Å². The van der Waals surface area contributed by atoms with E-state index in [9.17, 15) is 10.1 Å². The van der Waals surface area contributed by atoms with Gasteiger partial charge in [0.25, 0.3) is 5.91 Å². The first-order chi connectivity index (χ1) is 12.8. The highest BCUT2D eigenvalue weighted by molar-refractivity contribution is 5.95. The van der Waals surface area contributed by atoms with E-state index >= 15 is 0 Å². The van der Waals surface area contributed by atoms with Crippen molar-refractivity contribution in [1.82, 2.24) is 9.80 Å². The molecule has 0 spiro atoms. The van der Waals surface area contributed by atoms with Crippen LogP contribution in [0.1, 0.15) is 22.0 Å². The predicted molar refractivity (Wildman–Crippen MR) is 94.8 cm³/mol. The van der Waals surface area contributed by atoms with Gasteiger partial charge in [0.15, 0.2) is 11.5 Å². The zero-order valence-corrected chi connectivity index (χ0v) is 14.3. The molecule has 6 nitrogen and oxygen atoms in total. The smallest absolute Gasteiger partial charge is 0.254 e. The van der Waals surface area contributed by atoms with Crippen LogP contribution in [-0.2, 0) is 0 Å². The third kappa shape index (κ3) is 3.09. The summed E-state index contributed by atoms with van der Waals surface area (Å²) in [7, 11) is 0. The molecule has 1 unspecified atom stereocenters. The quantitative estimate of drug-likeness (QED) is 0.851. The van der Waals surface area contributed by atoms with Gasteiger partial charge in [-0.05, 0) is 23.8 Å². The van der Waals surface area contributed by atoms with Crippen molar-refractivity contribution in [2.75, 3.05) is 33.0 Å². The zero-order valence-electron chi connectivity index (χ0n) is 14.3. The van der Waals surface area contributed by atoms with Crippen molar-refractivity contribution in [1.29, 1.82) is 5.26 Å². The molecule has 1 saturated heterocycles. The highest BCUT2D eigenvalue weighted by Crippen LogP contribution is 2.33. The number of nitrogens with zero attached hydrogens (tertiary/aromatic N) is 3. The molecule has 4 rings (SSSR count). The number of ether oxygens (including phenoxy) is 2. The van der Waals surface area contributed by atoms with E-state index in [2.05, 4.69) is 11.0 Å². The fourth-order valence-electron chi connectivity index (χ4n) is 3.40. The SMILES string of the molecule is N#CC(c1ccccc1)N1CCN(C(=O)c2ccc3c(c2)OCO3)CC1. The van der Waals surface area contributed by atoms with Crippen LogP contribution in [-0.4, -0.2) is 48.7 Å². The third-order valence-electron chi connectivity index (χ3n) is 4.82. The van der Waals surface area contributed by atoms with Gasteiger partial charge in [-0.25, -0.2) is 0 Å². The van der Waals surface area contributed by atoms with Crippen molar-refractivity contribution < 1.29 is 14.3 Å². The highest BCUT2D eigenvalue weighted by atomic mass is 16.7. The molecule has 132 valence electrons. The van der Waals surface area contributed by atoms with Crippen LogP contribution in [0.3, 0.4) is 0 Å². The normalized spacial score (nSPS) is 17.6. The number of fused-ring (bicyclic) bond motifs is 1. The van der Waals surface area contributed by atoms with E-state index in [0.717, 1.165) is 5.56 Å². The number of nitriles is 1. The van der Waals surface area contributed by atoms with Crippen LogP contribution < -0.4 is 9.47 Å². The molecule has 0 bridgehead atoms. The van der Waals surface area contributed by atoms with Crippen LogP contribution in [0.4, 0.5) is 0 Å². The summed E-state index contributed by atoms with van der Waals surface area (Å²) in [6.07, 6.45) is 0. The molecule has 1 amide bonds.